The van der Waals surface area contributed by atoms with Crippen LogP contribution in [0.4, 0.5) is 0 Å². The van der Waals surface area contributed by atoms with Gasteiger partial charge in [-0.2, -0.15) is 0 Å². The third kappa shape index (κ3) is 3.18. The van der Waals surface area contributed by atoms with Crippen LogP contribution in [-0.4, -0.2) is 6.10 Å². The van der Waals surface area contributed by atoms with E-state index in [9.17, 15) is 0 Å². The number of nitrogens with two attached hydrogens (primary N) is 1. The van der Waals surface area contributed by atoms with Crippen LogP contribution in [0.2, 0.25) is 0 Å². The Bertz CT molecular complexity index is 514. The normalized spacial score (nSPS) is 12.7. The van der Waals surface area contributed by atoms with E-state index in [1.807, 2.05) is 44.2 Å². The van der Waals surface area contributed by atoms with E-state index in [2.05, 4.69) is 6.92 Å². The van der Waals surface area contributed by atoms with Crippen LogP contribution < -0.4 is 10.5 Å². The fourth-order valence-corrected chi connectivity index (χ4v) is 2.12. The molecule has 2 rings (SSSR count). The standard InChI is InChI=1S/C16H21NO2/c1-4-15-14(9-10-18-15)16(17)12-5-7-13(8-6-12)19-11(2)3/h5-11,16H,4,17H2,1-3H3. The zero-order valence-corrected chi connectivity index (χ0v) is 11.7. The Kier molecular flexibility index (Phi) is 4.27. The van der Waals surface area contributed by atoms with Crippen LogP contribution in [0.5, 0.6) is 5.75 Å². The molecule has 0 bridgehead atoms. The lowest BCUT2D eigenvalue weighted by Gasteiger charge is -2.14. The number of aryl methyl sites for hydroxylation is 1. The van der Waals surface area contributed by atoms with E-state index in [1.54, 1.807) is 6.26 Å². The zero-order chi connectivity index (χ0) is 13.8. The molecule has 2 aromatic rings. The fraction of sp³-hybridized carbons (Fsp3) is 0.375. The van der Waals surface area contributed by atoms with E-state index in [0.29, 0.717) is 0 Å². The summed E-state index contributed by atoms with van der Waals surface area (Å²) in [5.74, 6) is 1.82. The van der Waals surface area contributed by atoms with Gasteiger partial charge in [0.05, 0.1) is 18.4 Å². The number of rotatable bonds is 5. The zero-order valence-electron chi connectivity index (χ0n) is 11.7. The van der Waals surface area contributed by atoms with Crippen molar-refractivity contribution in [2.45, 2.75) is 39.3 Å². The highest BCUT2D eigenvalue weighted by molar-refractivity contribution is 5.36. The van der Waals surface area contributed by atoms with Gasteiger partial charge in [0.25, 0.3) is 0 Å². The van der Waals surface area contributed by atoms with Crippen molar-refractivity contribution in [3.63, 3.8) is 0 Å². The molecule has 19 heavy (non-hydrogen) atoms. The third-order valence-corrected chi connectivity index (χ3v) is 3.05. The second kappa shape index (κ2) is 5.93. The highest BCUT2D eigenvalue weighted by Crippen LogP contribution is 2.26. The van der Waals surface area contributed by atoms with Crippen molar-refractivity contribution in [3.05, 3.63) is 53.5 Å². The van der Waals surface area contributed by atoms with E-state index >= 15 is 0 Å². The van der Waals surface area contributed by atoms with Crippen molar-refractivity contribution < 1.29 is 9.15 Å². The molecule has 0 aliphatic carbocycles. The number of hydrogen-bond donors (Lipinski definition) is 1. The van der Waals surface area contributed by atoms with Gasteiger partial charge in [0, 0.05) is 12.0 Å². The quantitative estimate of drug-likeness (QED) is 0.891. The number of benzene rings is 1. The maximum atomic E-state index is 6.29. The summed E-state index contributed by atoms with van der Waals surface area (Å²) in [7, 11) is 0. The molecule has 0 saturated carbocycles. The largest absolute Gasteiger partial charge is 0.491 e. The molecule has 2 N–H and O–H groups in total. The van der Waals surface area contributed by atoms with E-state index in [1.165, 1.54) is 0 Å². The van der Waals surface area contributed by atoms with Gasteiger partial charge in [0.15, 0.2) is 0 Å². The maximum absolute atomic E-state index is 6.29. The van der Waals surface area contributed by atoms with Gasteiger partial charge >= 0.3 is 0 Å². The van der Waals surface area contributed by atoms with Crippen LogP contribution in [0.25, 0.3) is 0 Å². The highest BCUT2D eigenvalue weighted by Gasteiger charge is 2.15. The van der Waals surface area contributed by atoms with Gasteiger partial charge in [0.1, 0.15) is 11.5 Å². The molecule has 3 heteroatoms. The van der Waals surface area contributed by atoms with Gasteiger partial charge in [-0.05, 0) is 37.6 Å². The fourth-order valence-electron chi connectivity index (χ4n) is 2.12. The van der Waals surface area contributed by atoms with Gasteiger partial charge < -0.3 is 14.9 Å². The molecule has 0 aliphatic rings. The molecule has 0 aliphatic heterocycles. The minimum atomic E-state index is -0.151. The summed E-state index contributed by atoms with van der Waals surface area (Å²) in [5, 5.41) is 0. The van der Waals surface area contributed by atoms with Crippen molar-refractivity contribution >= 4 is 0 Å². The molecule has 0 fully saturated rings. The Labute approximate surface area is 114 Å². The molecule has 1 heterocycles. The van der Waals surface area contributed by atoms with Crippen LogP contribution in [0.3, 0.4) is 0 Å². The molecule has 3 nitrogen and oxygen atoms in total. The third-order valence-electron chi connectivity index (χ3n) is 3.05. The Morgan fingerprint density at radius 3 is 2.42 bits per heavy atom. The molecule has 102 valence electrons. The average molecular weight is 259 g/mol. The van der Waals surface area contributed by atoms with E-state index < -0.39 is 0 Å². The molecule has 1 aromatic heterocycles. The summed E-state index contributed by atoms with van der Waals surface area (Å²) in [5.41, 5.74) is 8.41. The van der Waals surface area contributed by atoms with Crippen LogP contribution >= 0.6 is 0 Å². The van der Waals surface area contributed by atoms with Crippen molar-refractivity contribution in [2.24, 2.45) is 5.73 Å². The smallest absolute Gasteiger partial charge is 0.119 e. The summed E-state index contributed by atoms with van der Waals surface area (Å²) in [6.07, 6.45) is 2.73. The lowest BCUT2D eigenvalue weighted by molar-refractivity contribution is 0.242. The van der Waals surface area contributed by atoms with Gasteiger partial charge in [-0.25, -0.2) is 0 Å². The molecule has 1 unspecified atom stereocenters. The first-order valence-electron chi connectivity index (χ1n) is 6.70. The van der Waals surface area contributed by atoms with Crippen LogP contribution in [0, 0.1) is 0 Å². The summed E-state index contributed by atoms with van der Waals surface area (Å²) in [6, 6.07) is 9.73. The Balaban J connectivity index is 2.18. The Hall–Kier alpha value is -1.74. The average Bonchev–Trinajstić information content (AvgIpc) is 2.86. The van der Waals surface area contributed by atoms with Gasteiger partial charge in [0.2, 0.25) is 0 Å². The number of furan rings is 1. The monoisotopic (exact) mass is 259 g/mol. The molecule has 0 saturated heterocycles. The predicted molar refractivity (Wildman–Crippen MR) is 76.3 cm³/mol. The molecular formula is C16H21NO2. The maximum Gasteiger partial charge on any atom is 0.119 e. The molecule has 0 spiro atoms. The van der Waals surface area contributed by atoms with E-state index in [4.69, 9.17) is 14.9 Å². The van der Waals surface area contributed by atoms with Crippen molar-refractivity contribution in [2.75, 3.05) is 0 Å². The minimum Gasteiger partial charge on any atom is -0.491 e. The van der Waals surface area contributed by atoms with Gasteiger partial charge in [-0.15, -0.1) is 0 Å². The summed E-state index contributed by atoms with van der Waals surface area (Å²) < 4.78 is 11.1. The van der Waals surface area contributed by atoms with Gasteiger partial charge in [-0.1, -0.05) is 19.1 Å². The first-order valence-corrected chi connectivity index (χ1v) is 6.70. The molecule has 0 amide bonds. The topological polar surface area (TPSA) is 48.4 Å². The first kappa shape index (κ1) is 13.7. The number of ether oxygens (including phenoxy) is 1. The van der Waals surface area contributed by atoms with Crippen molar-refractivity contribution in [1.29, 1.82) is 0 Å². The molecular weight excluding hydrogens is 238 g/mol. The van der Waals surface area contributed by atoms with Crippen LogP contribution in [-0.2, 0) is 6.42 Å². The Morgan fingerprint density at radius 2 is 1.84 bits per heavy atom. The van der Waals surface area contributed by atoms with Crippen molar-refractivity contribution in [3.8, 4) is 5.75 Å². The summed E-state index contributed by atoms with van der Waals surface area (Å²) >= 11 is 0. The Morgan fingerprint density at radius 1 is 1.16 bits per heavy atom. The molecule has 0 radical (unpaired) electrons. The van der Waals surface area contributed by atoms with E-state index in [0.717, 1.165) is 29.1 Å². The molecule has 1 atom stereocenters. The first-order chi connectivity index (χ1) is 9.11. The van der Waals surface area contributed by atoms with Crippen molar-refractivity contribution in [1.82, 2.24) is 0 Å². The molecule has 1 aromatic carbocycles. The SMILES string of the molecule is CCc1occc1C(N)c1ccc(OC(C)C)cc1. The number of hydrogen-bond acceptors (Lipinski definition) is 3. The predicted octanol–water partition coefficient (Wildman–Crippen LogP) is 3.68. The lowest BCUT2D eigenvalue weighted by Crippen LogP contribution is -2.13. The van der Waals surface area contributed by atoms with Crippen LogP contribution in [0.15, 0.2) is 41.0 Å². The summed E-state index contributed by atoms with van der Waals surface area (Å²) in [6.45, 7) is 6.09. The van der Waals surface area contributed by atoms with E-state index in [-0.39, 0.29) is 12.1 Å². The van der Waals surface area contributed by atoms with Gasteiger partial charge in [-0.3, -0.25) is 0 Å². The summed E-state index contributed by atoms with van der Waals surface area (Å²) in [4.78, 5) is 0. The lowest BCUT2D eigenvalue weighted by atomic mass is 9.99. The second-order valence-corrected chi connectivity index (χ2v) is 4.87. The minimum absolute atomic E-state index is 0.151. The van der Waals surface area contributed by atoms with Crippen LogP contribution in [0.1, 0.15) is 43.7 Å². The highest BCUT2D eigenvalue weighted by atomic mass is 16.5. The second-order valence-electron chi connectivity index (χ2n) is 4.87.